The van der Waals surface area contributed by atoms with Gasteiger partial charge in [0, 0.05) is 6.54 Å². The lowest BCUT2D eigenvalue weighted by Gasteiger charge is -2.18. The molecule has 19 heavy (non-hydrogen) atoms. The third-order valence-corrected chi connectivity index (χ3v) is 2.85. The summed E-state index contributed by atoms with van der Waals surface area (Å²) >= 11 is 0. The minimum Gasteiger partial charge on any atom is -0.492 e. The number of nitrogens with zero attached hydrogens (tertiary/aromatic N) is 3. The van der Waals surface area contributed by atoms with Gasteiger partial charge in [0.2, 0.25) is 0 Å². The summed E-state index contributed by atoms with van der Waals surface area (Å²) in [6.45, 7) is 3.72. The molecule has 104 valence electrons. The van der Waals surface area contributed by atoms with E-state index >= 15 is 0 Å². The molecule has 0 aliphatic carbocycles. The van der Waals surface area contributed by atoms with Crippen LogP contribution in [0.3, 0.4) is 0 Å². The molecule has 1 rings (SSSR count). The zero-order valence-corrected chi connectivity index (χ0v) is 12.1. The molecule has 1 aromatic carbocycles. The highest BCUT2D eigenvalue weighted by Gasteiger charge is 2.00. The SMILES string of the molecule is CN(C)CCCN(C)CCOc1cccc(C#N)c1. The summed E-state index contributed by atoms with van der Waals surface area (Å²) in [5, 5.41) is 8.80. The van der Waals surface area contributed by atoms with E-state index in [0.717, 1.165) is 31.8 Å². The standard InChI is InChI=1S/C15H23N3O/c1-17(2)8-5-9-18(3)10-11-19-15-7-4-6-14(12-15)13-16/h4,6-7,12H,5,8-11H2,1-3H3. The van der Waals surface area contributed by atoms with Crippen LogP contribution >= 0.6 is 0 Å². The van der Waals surface area contributed by atoms with E-state index in [1.54, 1.807) is 12.1 Å². The van der Waals surface area contributed by atoms with E-state index in [0.29, 0.717) is 12.2 Å². The first-order valence-corrected chi connectivity index (χ1v) is 6.58. The van der Waals surface area contributed by atoms with Crippen LogP contribution in [0.2, 0.25) is 0 Å². The minimum absolute atomic E-state index is 0.636. The Balaban J connectivity index is 2.20. The van der Waals surface area contributed by atoms with Gasteiger partial charge in [-0.1, -0.05) is 6.07 Å². The average molecular weight is 261 g/mol. The van der Waals surface area contributed by atoms with Crippen molar-refractivity contribution in [1.82, 2.24) is 9.80 Å². The zero-order chi connectivity index (χ0) is 14.1. The Bertz CT molecular complexity index is 412. The summed E-state index contributed by atoms with van der Waals surface area (Å²) < 4.78 is 5.64. The van der Waals surface area contributed by atoms with E-state index in [9.17, 15) is 0 Å². The Hall–Kier alpha value is -1.57. The van der Waals surface area contributed by atoms with Crippen LogP contribution < -0.4 is 4.74 Å². The van der Waals surface area contributed by atoms with Gasteiger partial charge in [-0.3, -0.25) is 0 Å². The Morgan fingerprint density at radius 1 is 1.16 bits per heavy atom. The predicted octanol–water partition coefficient (Wildman–Crippen LogP) is 1.82. The molecule has 0 bridgehead atoms. The van der Waals surface area contributed by atoms with E-state index in [1.807, 2.05) is 12.1 Å². The lowest BCUT2D eigenvalue weighted by molar-refractivity contribution is 0.229. The lowest BCUT2D eigenvalue weighted by Crippen LogP contribution is -2.27. The number of likely N-dealkylation sites (N-methyl/N-ethyl adjacent to an activating group) is 1. The zero-order valence-electron chi connectivity index (χ0n) is 12.1. The van der Waals surface area contributed by atoms with Gasteiger partial charge >= 0.3 is 0 Å². The van der Waals surface area contributed by atoms with Gasteiger partial charge in [0.25, 0.3) is 0 Å². The Morgan fingerprint density at radius 3 is 2.63 bits per heavy atom. The average Bonchev–Trinajstić information content (AvgIpc) is 2.38. The molecular weight excluding hydrogens is 238 g/mol. The van der Waals surface area contributed by atoms with Gasteiger partial charge in [-0.15, -0.1) is 0 Å². The molecule has 0 amide bonds. The number of ether oxygens (including phenoxy) is 1. The van der Waals surface area contributed by atoms with Gasteiger partial charge in [0.05, 0.1) is 11.6 Å². The summed E-state index contributed by atoms with van der Waals surface area (Å²) in [6.07, 6.45) is 1.16. The summed E-state index contributed by atoms with van der Waals surface area (Å²) in [5.41, 5.74) is 0.636. The number of hydrogen-bond donors (Lipinski definition) is 0. The highest BCUT2D eigenvalue weighted by Crippen LogP contribution is 2.12. The third kappa shape index (κ3) is 6.80. The van der Waals surface area contributed by atoms with E-state index in [1.165, 1.54) is 0 Å². The molecule has 0 spiro atoms. The van der Waals surface area contributed by atoms with Crippen molar-refractivity contribution in [3.63, 3.8) is 0 Å². The van der Waals surface area contributed by atoms with E-state index < -0.39 is 0 Å². The van der Waals surface area contributed by atoms with Crippen LogP contribution in [-0.4, -0.2) is 57.2 Å². The predicted molar refractivity (Wildman–Crippen MR) is 77.3 cm³/mol. The molecule has 0 unspecified atom stereocenters. The van der Waals surface area contributed by atoms with Gasteiger partial charge in [-0.05, 0) is 58.9 Å². The van der Waals surface area contributed by atoms with Crippen LogP contribution in [0.15, 0.2) is 24.3 Å². The fraction of sp³-hybridized carbons (Fsp3) is 0.533. The van der Waals surface area contributed by atoms with Crippen molar-refractivity contribution in [3.05, 3.63) is 29.8 Å². The summed E-state index contributed by atoms with van der Waals surface area (Å²) in [5.74, 6) is 0.765. The van der Waals surface area contributed by atoms with Crippen molar-refractivity contribution in [2.75, 3.05) is 47.4 Å². The van der Waals surface area contributed by atoms with E-state index in [-0.39, 0.29) is 0 Å². The molecule has 0 fully saturated rings. The third-order valence-electron chi connectivity index (χ3n) is 2.85. The molecule has 0 saturated heterocycles. The number of nitriles is 1. The van der Waals surface area contributed by atoms with Crippen molar-refractivity contribution in [2.45, 2.75) is 6.42 Å². The highest BCUT2D eigenvalue weighted by molar-refractivity contribution is 5.36. The van der Waals surface area contributed by atoms with Crippen LogP contribution in [-0.2, 0) is 0 Å². The molecular formula is C15H23N3O. The molecule has 0 aromatic heterocycles. The molecule has 0 atom stereocenters. The van der Waals surface area contributed by atoms with E-state index in [4.69, 9.17) is 10.00 Å². The monoisotopic (exact) mass is 261 g/mol. The van der Waals surface area contributed by atoms with Gasteiger partial charge in [-0.2, -0.15) is 5.26 Å². The highest BCUT2D eigenvalue weighted by atomic mass is 16.5. The van der Waals surface area contributed by atoms with Crippen LogP contribution in [0.4, 0.5) is 0 Å². The Labute approximate surface area is 116 Å². The van der Waals surface area contributed by atoms with Crippen molar-refractivity contribution in [3.8, 4) is 11.8 Å². The first-order valence-electron chi connectivity index (χ1n) is 6.58. The molecule has 4 heteroatoms. The maximum Gasteiger partial charge on any atom is 0.120 e. The molecule has 0 aliphatic rings. The molecule has 0 saturated carbocycles. The van der Waals surface area contributed by atoms with Gasteiger partial charge in [0.1, 0.15) is 12.4 Å². The van der Waals surface area contributed by atoms with Crippen LogP contribution in [0.1, 0.15) is 12.0 Å². The number of hydrogen-bond acceptors (Lipinski definition) is 4. The maximum atomic E-state index is 8.80. The Kier molecular flexibility index (Phi) is 6.94. The second-order valence-corrected chi connectivity index (χ2v) is 4.95. The van der Waals surface area contributed by atoms with Crippen LogP contribution in [0.25, 0.3) is 0 Å². The molecule has 0 radical (unpaired) electrons. The van der Waals surface area contributed by atoms with Gasteiger partial charge in [0.15, 0.2) is 0 Å². The summed E-state index contributed by atoms with van der Waals surface area (Å²) in [7, 11) is 6.28. The molecule has 4 nitrogen and oxygen atoms in total. The quantitative estimate of drug-likeness (QED) is 0.715. The van der Waals surface area contributed by atoms with Crippen LogP contribution in [0.5, 0.6) is 5.75 Å². The fourth-order valence-corrected chi connectivity index (χ4v) is 1.74. The topological polar surface area (TPSA) is 39.5 Å². The van der Waals surface area contributed by atoms with Crippen molar-refractivity contribution < 1.29 is 4.74 Å². The number of rotatable bonds is 8. The summed E-state index contributed by atoms with van der Waals surface area (Å²) in [4.78, 5) is 4.45. The molecule has 1 aromatic rings. The van der Waals surface area contributed by atoms with Crippen molar-refractivity contribution >= 4 is 0 Å². The molecule has 0 aliphatic heterocycles. The van der Waals surface area contributed by atoms with Crippen molar-refractivity contribution in [1.29, 1.82) is 5.26 Å². The minimum atomic E-state index is 0.636. The van der Waals surface area contributed by atoms with Crippen LogP contribution in [0, 0.1) is 11.3 Å². The normalized spacial score (nSPS) is 10.7. The summed E-state index contributed by atoms with van der Waals surface area (Å²) in [6, 6.07) is 9.38. The van der Waals surface area contributed by atoms with E-state index in [2.05, 4.69) is 37.0 Å². The first kappa shape index (κ1) is 15.5. The largest absolute Gasteiger partial charge is 0.492 e. The molecule has 0 heterocycles. The molecule has 0 N–H and O–H groups in total. The second-order valence-electron chi connectivity index (χ2n) is 4.95. The van der Waals surface area contributed by atoms with Crippen molar-refractivity contribution in [2.24, 2.45) is 0 Å². The fourth-order valence-electron chi connectivity index (χ4n) is 1.74. The Morgan fingerprint density at radius 2 is 1.95 bits per heavy atom. The maximum absolute atomic E-state index is 8.80. The lowest BCUT2D eigenvalue weighted by atomic mass is 10.2. The smallest absolute Gasteiger partial charge is 0.120 e. The second kappa shape index (κ2) is 8.52. The first-order chi connectivity index (χ1) is 9.11. The number of benzene rings is 1. The van der Waals surface area contributed by atoms with Gasteiger partial charge in [-0.25, -0.2) is 0 Å². The van der Waals surface area contributed by atoms with Gasteiger partial charge < -0.3 is 14.5 Å².